The fourth-order valence-corrected chi connectivity index (χ4v) is 6.07. The molecule has 0 unspecified atom stereocenters. The lowest BCUT2D eigenvalue weighted by atomic mass is 10.0. The summed E-state index contributed by atoms with van der Waals surface area (Å²) in [4.78, 5) is 73.1. The second kappa shape index (κ2) is 20.8. The molecule has 9 N–H and O–H groups in total. The van der Waals surface area contributed by atoms with Crippen LogP contribution in [0.5, 0.6) is 0 Å². The van der Waals surface area contributed by atoms with Crippen LogP contribution in [0.2, 0.25) is 0 Å². The number of hydrogen-bond acceptors (Lipinski definition) is 12. The summed E-state index contributed by atoms with van der Waals surface area (Å²) < 4.78 is 13.1. The van der Waals surface area contributed by atoms with Gasteiger partial charge in [0.05, 0.1) is 23.2 Å². The van der Waals surface area contributed by atoms with Crippen molar-refractivity contribution < 1.29 is 38.6 Å². The number of hydrogen-bond donors (Lipinski definition) is 8. The Bertz CT molecular complexity index is 2120. The third kappa shape index (κ3) is 13.3. The minimum absolute atomic E-state index is 0.126. The molecule has 2 aromatic carbocycles. The first-order valence-electron chi connectivity index (χ1n) is 19.1. The molecule has 0 fully saturated rings. The highest BCUT2D eigenvalue weighted by atomic mass is 16.5. The summed E-state index contributed by atoms with van der Waals surface area (Å²) in [5.74, 6) is -1.29. The maximum Gasteiger partial charge on any atom is 0.413 e. The number of nitrogens with two attached hydrogens (primary N) is 1. The number of aromatic nitrogens is 3. The normalized spacial score (nSPS) is 12.4. The van der Waals surface area contributed by atoms with Crippen LogP contribution in [0.3, 0.4) is 0 Å². The first-order valence-corrected chi connectivity index (χ1v) is 19.1. The number of nitrogens with zero attached hydrogens (tertiary/aromatic N) is 5. The van der Waals surface area contributed by atoms with E-state index in [1.807, 2.05) is 35.8 Å². The third-order valence-electron chi connectivity index (χ3n) is 8.87. The highest BCUT2D eigenvalue weighted by molar-refractivity contribution is 6.09. The average molecular weight is 819 g/mol. The summed E-state index contributed by atoms with van der Waals surface area (Å²) in [6.45, 7) is 9.38. The standard InChI is InChI=1S/C39H54N12O8/c1-7-58-21-29-46-32-33(51(29)22-39(4,5)57)26-11-8-9-12-27(26)44-34(32)48-38(56)59-20-24-14-16-25(17-15-24)43-35(53)28(13-10-18-42-37(40)55)45-36(54)31(23(2)3)47-30(52)19-50(6)49-41/h8-9,11-12,14-17,23,28,31,41,57H,7,10,13,18-22H2,1-6H3,(H,43,53)(H,45,54)(H,47,52)(H3,40,42,55)(H,44,48,56)/t28-,31-/m0/s1. The Morgan fingerprint density at radius 1 is 1.00 bits per heavy atom. The van der Waals surface area contributed by atoms with Crippen LogP contribution < -0.4 is 32.3 Å². The van der Waals surface area contributed by atoms with E-state index in [1.54, 1.807) is 52.0 Å². The van der Waals surface area contributed by atoms with Gasteiger partial charge in [0.15, 0.2) is 5.82 Å². The van der Waals surface area contributed by atoms with Crippen LogP contribution in [0, 0.1) is 11.4 Å². The SMILES string of the molecule is CCOCc1nc2c(NC(=O)OCc3ccc(NC(=O)[C@H](CCCNC(N)=O)NC(=O)[C@@H](NC(=O)CN(C)N=N)C(C)C)cc3)nc3ccccc3c2n1CC(C)(C)O. The molecular weight excluding hydrogens is 765 g/mol. The molecule has 0 bridgehead atoms. The van der Waals surface area contributed by atoms with Crippen molar-refractivity contribution in [3.05, 3.63) is 59.9 Å². The number of aliphatic hydroxyl groups is 1. The van der Waals surface area contributed by atoms with Gasteiger partial charge in [0.1, 0.15) is 43.2 Å². The van der Waals surface area contributed by atoms with Gasteiger partial charge in [0.25, 0.3) is 0 Å². The Kier molecular flexibility index (Phi) is 16.0. The Labute approximate surface area is 341 Å². The zero-order valence-corrected chi connectivity index (χ0v) is 34.1. The molecule has 4 rings (SSSR count). The number of ether oxygens (including phenoxy) is 2. The monoisotopic (exact) mass is 818 g/mol. The number of rotatable bonds is 21. The summed E-state index contributed by atoms with van der Waals surface area (Å²) in [7, 11) is 1.44. The maximum atomic E-state index is 13.5. The van der Waals surface area contributed by atoms with Gasteiger partial charge in [0, 0.05) is 31.3 Å². The molecule has 0 aliphatic rings. The van der Waals surface area contributed by atoms with Gasteiger partial charge in [-0.05, 0) is 63.3 Å². The molecule has 0 spiro atoms. The van der Waals surface area contributed by atoms with Gasteiger partial charge >= 0.3 is 12.1 Å². The number of para-hydroxylation sites is 1. The van der Waals surface area contributed by atoms with Crippen LogP contribution in [0.15, 0.2) is 53.8 Å². The number of likely N-dealkylation sites (N-methyl/N-ethyl adjacent to an activating group) is 1. The quantitative estimate of drug-likeness (QED) is 0.0342. The Morgan fingerprint density at radius 2 is 1.71 bits per heavy atom. The predicted octanol–water partition coefficient (Wildman–Crippen LogP) is 3.53. The van der Waals surface area contributed by atoms with E-state index in [1.165, 1.54) is 7.05 Å². The van der Waals surface area contributed by atoms with Gasteiger partial charge in [-0.2, -0.15) is 5.53 Å². The van der Waals surface area contributed by atoms with Crippen molar-refractivity contribution >= 4 is 63.3 Å². The van der Waals surface area contributed by atoms with E-state index >= 15 is 0 Å². The lowest BCUT2D eigenvalue weighted by Crippen LogP contribution is -2.55. The summed E-state index contributed by atoms with van der Waals surface area (Å²) in [6, 6.07) is 11.2. The second-order valence-electron chi connectivity index (χ2n) is 14.8. The van der Waals surface area contributed by atoms with Crippen LogP contribution in [0.25, 0.3) is 21.9 Å². The van der Waals surface area contributed by atoms with Crippen molar-refractivity contribution in [1.82, 2.24) is 35.5 Å². The van der Waals surface area contributed by atoms with Gasteiger partial charge in [-0.3, -0.25) is 24.7 Å². The number of urea groups is 1. The number of benzene rings is 2. The van der Waals surface area contributed by atoms with Crippen LogP contribution in [0.4, 0.5) is 21.1 Å². The number of fused-ring (bicyclic) bond motifs is 3. The number of nitrogens with one attached hydrogen (secondary N) is 6. The number of amides is 6. The molecule has 0 aliphatic heterocycles. The van der Waals surface area contributed by atoms with E-state index in [0.29, 0.717) is 46.7 Å². The molecule has 4 aromatic rings. The number of anilines is 2. The van der Waals surface area contributed by atoms with Crippen LogP contribution in [0.1, 0.15) is 58.8 Å². The van der Waals surface area contributed by atoms with Crippen LogP contribution >= 0.6 is 0 Å². The fourth-order valence-electron chi connectivity index (χ4n) is 6.07. The van der Waals surface area contributed by atoms with E-state index < -0.39 is 47.5 Å². The van der Waals surface area contributed by atoms with Gasteiger partial charge in [-0.25, -0.2) is 19.6 Å². The smallest absolute Gasteiger partial charge is 0.413 e. The van der Waals surface area contributed by atoms with Crippen molar-refractivity contribution in [3.8, 4) is 0 Å². The highest BCUT2D eigenvalue weighted by Gasteiger charge is 2.29. The fraction of sp³-hybridized carbons (Fsp3) is 0.462. The van der Waals surface area contributed by atoms with Gasteiger partial charge in [-0.1, -0.05) is 49.4 Å². The molecule has 20 heteroatoms. The minimum Gasteiger partial charge on any atom is -0.444 e. The molecule has 0 saturated heterocycles. The van der Waals surface area contributed by atoms with E-state index in [0.717, 1.165) is 10.4 Å². The van der Waals surface area contributed by atoms with Crippen molar-refractivity contribution in [2.75, 3.05) is 37.4 Å². The number of primary amides is 1. The molecule has 0 aliphatic carbocycles. The van der Waals surface area contributed by atoms with Crippen molar-refractivity contribution in [3.63, 3.8) is 0 Å². The summed E-state index contributed by atoms with van der Waals surface area (Å²) in [5.41, 5.74) is 13.8. The average Bonchev–Trinajstić information content (AvgIpc) is 3.53. The summed E-state index contributed by atoms with van der Waals surface area (Å²) in [6.07, 6.45) is -0.358. The molecule has 0 radical (unpaired) electrons. The summed E-state index contributed by atoms with van der Waals surface area (Å²) in [5, 5.41) is 29.1. The number of carbonyl (C=O) groups excluding carboxylic acids is 5. The second-order valence-corrected chi connectivity index (χ2v) is 14.8. The first-order chi connectivity index (χ1) is 28.0. The molecule has 2 aromatic heterocycles. The minimum atomic E-state index is -1.08. The Balaban J connectivity index is 1.44. The molecular formula is C39H54N12O8. The van der Waals surface area contributed by atoms with E-state index in [4.69, 9.17) is 25.7 Å². The van der Waals surface area contributed by atoms with Crippen LogP contribution in [-0.2, 0) is 43.6 Å². The molecule has 59 heavy (non-hydrogen) atoms. The van der Waals surface area contributed by atoms with E-state index in [-0.39, 0.29) is 51.0 Å². The van der Waals surface area contributed by atoms with Gasteiger partial charge < -0.3 is 46.1 Å². The molecule has 20 nitrogen and oxygen atoms in total. The topological polar surface area (TPSA) is 280 Å². The highest BCUT2D eigenvalue weighted by Crippen LogP contribution is 2.32. The number of pyridine rings is 1. The van der Waals surface area contributed by atoms with Crippen molar-refractivity contribution in [1.29, 1.82) is 5.53 Å². The van der Waals surface area contributed by atoms with E-state index in [9.17, 15) is 29.1 Å². The van der Waals surface area contributed by atoms with Crippen LogP contribution in [-0.4, -0.2) is 98.9 Å². The molecule has 2 atom stereocenters. The zero-order chi connectivity index (χ0) is 43.3. The maximum absolute atomic E-state index is 13.5. The van der Waals surface area contributed by atoms with Gasteiger partial charge in [0.2, 0.25) is 17.7 Å². The first kappa shape index (κ1) is 45.3. The zero-order valence-electron chi connectivity index (χ0n) is 34.1. The number of carbonyl (C=O) groups is 5. The molecule has 6 amide bonds. The van der Waals surface area contributed by atoms with Crippen molar-refractivity contribution in [2.24, 2.45) is 16.9 Å². The van der Waals surface area contributed by atoms with E-state index in [2.05, 4.69) is 36.8 Å². The Morgan fingerprint density at radius 3 is 2.36 bits per heavy atom. The third-order valence-corrected chi connectivity index (χ3v) is 8.87. The predicted molar refractivity (Wildman–Crippen MR) is 219 cm³/mol. The Hall–Kier alpha value is -6.41. The molecule has 0 saturated carbocycles. The van der Waals surface area contributed by atoms with Crippen molar-refractivity contribution in [2.45, 2.75) is 84.9 Å². The van der Waals surface area contributed by atoms with Gasteiger partial charge in [-0.15, -0.1) is 0 Å². The lowest BCUT2D eigenvalue weighted by molar-refractivity contribution is -0.132. The number of imidazole rings is 1. The molecule has 318 valence electrons. The lowest BCUT2D eigenvalue weighted by Gasteiger charge is -2.26. The molecule has 2 heterocycles. The largest absolute Gasteiger partial charge is 0.444 e. The summed E-state index contributed by atoms with van der Waals surface area (Å²) >= 11 is 0.